The molecular formula is C9H12Cl2O3. The van der Waals surface area contributed by atoms with Crippen LogP contribution < -0.4 is 0 Å². The van der Waals surface area contributed by atoms with Crippen LogP contribution in [0.3, 0.4) is 0 Å². The Kier molecular flexibility index (Phi) is 7.34. The highest BCUT2D eigenvalue weighted by Gasteiger charge is 2.14. The summed E-state index contributed by atoms with van der Waals surface area (Å²) in [6.45, 7) is 6.88. The molecule has 0 aromatic rings. The third-order valence-corrected chi connectivity index (χ3v) is 1.69. The van der Waals surface area contributed by atoms with E-state index in [0.717, 1.165) is 0 Å². The Balaban J connectivity index is 3.73. The van der Waals surface area contributed by atoms with Gasteiger partial charge in [0.05, 0.1) is 0 Å². The molecule has 0 bridgehead atoms. The van der Waals surface area contributed by atoms with Gasteiger partial charge in [-0.05, 0) is 0 Å². The van der Waals surface area contributed by atoms with Crippen LogP contribution in [0.15, 0.2) is 25.3 Å². The summed E-state index contributed by atoms with van der Waals surface area (Å²) < 4.78 is 9.24. The third-order valence-electron chi connectivity index (χ3n) is 1.15. The maximum Gasteiger partial charge on any atom is 0.511 e. The predicted molar refractivity (Wildman–Crippen MR) is 56.5 cm³/mol. The molecule has 0 saturated heterocycles. The summed E-state index contributed by atoms with van der Waals surface area (Å²) in [5, 5.41) is 0. The van der Waals surface area contributed by atoms with Crippen LogP contribution in [0.1, 0.15) is 12.8 Å². The zero-order valence-corrected chi connectivity index (χ0v) is 9.13. The zero-order chi connectivity index (χ0) is 11.0. The second kappa shape index (κ2) is 7.71. The molecule has 0 saturated carbocycles. The predicted octanol–water partition coefficient (Wildman–Crippen LogP) is 3.42. The first-order chi connectivity index (χ1) is 6.60. The Morgan fingerprint density at radius 2 is 1.50 bits per heavy atom. The van der Waals surface area contributed by atoms with Crippen molar-refractivity contribution in [1.82, 2.24) is 0 Å². The third kappa shape index (κ3) is 6.80. The van der Waals surface area contributed by atoms with Crippen LogP contribution >= 0.6 is 23.2 Å². The van der Waals surface area contributed by atoms with Gasteiger partial charge in [0.1, 0.15) is 0 Å². The SMILES string of the molecule is C=CCC(Cl)OC(=O)OC(Cl)CC=C. The van der Waals surface area contributed by atoms with E-state index in [0.29, 0.717) is 12.8 Å². The number of halogens is 2. The number of ether oxygens (including phenoxy) is 2. The van der Waals surface area contributed by atoms with Crippen molar-refractivity contribution in [1.29, 1.82) is 0 Å². The maximum absolute atomic E-state index is 10.9. The molecule has 0 rings (SSSR count). The Hall–Kier alpha value is -0.670. The van der Waals surface area contributed by atoms with Gasteiger partial charge in [-0.1, -0.05) is 35.4 Å². The molecule has 0 spiro atoms. The number of hydrogen-bond acceptors (Lipinski definition) is 3. The summed E-state index contributed by atoms with van der Waals surface area (Å²) in [5.74, 6) is 0. The highest BCUT2D eigenvalue weighted by molar-refractivity contribution is 6.21. The number of carbonyl (C=O) groups excluding carboxylic acids is 1. The van der Waals surface area contributed by atoms with Gasteiger partial charge in [-0.25, -0.2) is 4.79 Å². The topological polar surface area (TPSA) is 35.5 Å². The van der Waals surface area contributed by atoms with Gasteiger partial charge in [-0.3, -0.25) is 0 Å². The van der Waals surface area contributed by atoms with Gasteiger partial charge in [0.2, 0.25) is 0 Å². The summed E-state index contributed by atoms with van der Waals surface area (Å²) in [5.41, 5.74) is -1.54. The van der Waals surface area contributed by atoms with Crippen molar-refractivity contribution < 1.29 is 14.3 Å². The summed E-state index contributed by atoms with van der Waals surface area (Å²) in [6, 6.07) is 0. The van der Waals surface area contributed by atoms with Crippen molar-refractivity contribution >= 4 is 29.4 Å². The van der Waals surface area contributed by atoms with Crippen molar-refractivity contribution in [2.24, 2.45) is 0 Å². The van der Waals surface area contributed by atoms with Gasteiger partial charge in [0.15, 0.2) is 11.1 Å². The molecule has 0 aliphatic heterocycles. The smallest absolute Gasteiger partial charge is 0.414 e. The van der Waals surface area contributed by atoms with Gasteiger partial charge in [-0.2, -0.15) is 0 Å². The lowest BCUT2D eigenvalue weighted by atomic mass is 10.4. The molecule has 0 aliphatic rings. The fraction of sp³-hybridized carbons (Fsp3) is 0.444. The van der Waals surface area contributed by atoms with Gasteiger partial charge in [0, 0.05) is 12.8 Å². The molecule has 14 heavy (non-hydrogen) atoms. The molecule has 0 fully saturated rings. The van der Waals surface area contributed by atoms with Gasteiger partial charge in [0.25, 0.3) is 0 Å². The van der Waals surface area contributed by atoms with Crippen LogP contribution in [0.25, 0.3) is 0 Å². The number of alkyl halides is 2. The van der Waals surface area contributed by atoms with E-state index in [1.165, 1.54) is 12.2 Å². The number of carbonyl (C=O) groups is 1. The Bertz CT molecular complexity index is 186. The Morgan fingerprint density at radius 3 is 1.79 bits per heavy atom. The lowest BCUT2D eigenvalue weighted by Crippen LogP contribution is -2.17. The molecule has 0 aliphatic carbocycles. The molecule has 0 aromatic carbocycles. The normalized spacial score (nSPS) is 13.9. The first-order valence-electron chi connectivity index (χ1n) is 3.97. The molecule has 2 unspecified atom stereocenters. The van der Waals surface area contributed by atoms with Crippen LogP contribution in [-0.4, -0.2) is 17.3 Å². The molecule has 0 aromatic heterocycles. The lowest BCUT2D eigenvalue weighted by molar-refractivity contribution is 0.0381. The highest BCUT2D eigenvalue weighted by atomic mass is 35.5. The number of hydrogen-bond donors (Lipinski definition) is 0. The van der Waals surface area contributed by atoms with Gasteiger partial charge >= 0.3 is 6.16 Å². The van der Waals surface area contributed by atoms with Crippen LogP contribution in [0.4, 0.5) is 4.79 Å². The van der Waals surface area contributed by atoms with E-state index in [2.05, 4.69) is 22.6 Å². The van der Waals surface area contributed by atoms with Crippen molar-refractivity contribution in [3.05, 3.63) is 25.3 Å². The average molecular weight is 239 g/mol. The minimum atomic E-state index is -0.895. The Morgan fingerprint density at radius 1 is 1.14 bits per heavy atom. The molecule has 5 heteroatoms. The van der Waals surface area contributed by atoms with E-state index >= 15 is 0 Å². The van der Waals surface area contributed by atoms with Crippen LogP contribution in [0.5, 0.6) is 0 Å². The van der Waals surface area contributed by atoms with E-state index in [1.54, 1.807) is 0 Å². The lowest BCUT2D eigenvalue weighted by Gasteiger charge is -2.11. The van der Waals surface area contributed by atoms with Crippen LogP contribution in [0, 0.1) is 0 Å². The number of rotatable bonds is 6. The summed E-state index contributed by atoms with van der Waals surface area (Å²) >= 11 is 11.2. The van der Waals surface area contributed by atoms with E-state index in [4.69, 9.17) is 23.2 Å². The van der Waals surface area contributed by atoms with Crippen molar-refractivity contribution in [3.8, 4) is 0 Å². The highest BCUT2D eigenvalue weighted by Crippen LogP contribution is 2.10. The van der Waals surface area contributed by atoms with Crippen molar-refractivity contribution in [3.63, 3.8) is 0 Å². The molecule has 3 nitrogen and oxygen atoms in total. The molecular weight excluding hydrogens is 227 g/mol. The molecule has 0 radical (unpaired) electrons. The summed E-state index contributed by atoms with van der Waals surface area (Å²) in [6.07, 6.45) is 2.88. The standard InChI is InChI=1S/C9H12Cl2O3/c1-3-5-7(10)13-9(12)14-8(11)6-4-2/h3-4,7-8H,1-2,5-6H2. The maximum atomic E-state index is 10.9. The second-order valence-electron chi connectivity index (χ2n) is 2.35. The fourth-order valence-electron chi connectivity index (χ4n) is 0.595. The fourth-order valence-corrected chi connectivity index (χ4v) is 0.992. The van der Waals surface area contributed by atoms with Gasteiger partial charge in [-0.15, -0.1) is 13.2 Å². The Labute approximate surface area is 93.3 Å². The zero-order valence-electron chi connectivity index (χ0n) is 7.62. The molecule has 0 N–H and O–H groups in total. The van der Waals surface area contributed by atoms with Crippen molar-refractivity contribution in [2.75, 3.05) is 0 Å². The van der Waals surface area contributed by atoms with E-state index < -0.39 is 17.3 Å². The monoisotopic (exact) mass is 238 g/mol. The molecule has 2 atom stereocenters. The molecule has 0 amide bonds. The van der Waals surface area contributed by atoms with E-state index in [9.17, 15) is 4.79 Å². The van der Waals surface area contributed by atoms with E-state index in [1.807, 2.05) is 0 Å². The van der Waals surface area contributed by atoms with Crippen LogP contribution in [0.2, 0.25) is 0 Å². The second-order valence-corrected chi connectivity index (χ2v) is 3.33. The van der Waals surface area contributed by atoms with Crippen LogP contribution in [-0.2, 0) is 9.47 Å². The first kappa shape index (κ1) is 13.3. The minimum absolute atomic E-state index is 0.352. The van der Waals surface area contributed by atoms with Crippen molar-refractivity contribution in [2.45, 2.75) is 24.0 Å². The van der Waals surface area contributed by atoms with Gasteiger partial charge < -0.3 is 9.47 Å². The molecule has 0 heterocycles. The molecule has 80 valence electrons. The minimum Gasteiger partial charge on any atom is -0.414 e. The first-order valence-corrected chi connectivity index (χ1v) is 4.84. The quantitative estimate of drug-likeness (QED) is 0.404. The largest absolute Gasteiger partial charge is 0.511 e. The summed E-state index contributed by atoms with van der Waals surface area (Å²) in [4.78, 5) is 10.9. The van der Waals surface area contributed by atoms with E-state index in [-0.39, 0.29) is 0 Å². The average Bonchev–Trinajstić information content (AvgIpc) is 2.03. The summed E-state index contributed by atoms with van der Waals surface area (Å²) in [7, 11) is 0.